The highest BCUT2D eigenvalue weighted by Gasteiger charge is 2.47. The molecule has 19 heavy (non-hydrogen) atoms. The van der Waals surface area contributed by atoms with Crippen molar-refractivity contribution >= 4 is 5.97 Å². The van der Waals surface area contributed by atoms with Crippen LogP contribution in [0.5, 0.6) is 0 Å². The van der Waals surface area contributed by atoms with Crippen LogP contribution < -0.4 is 0 Å². The van der Waals surface area contributed by atoms with Crippen molar-refractivity contribution in [3.63, 3.8) is 0 Å². The first kappa shape index (κ1) is 11.9. The smallest absolute Gasteiger partial charge is 0.338 e. The van der Waals surface area contributed by atoms with Gasteiger partial charge in [-0.3, -0.25) is 0 Å². The molecule has 0 radical (unpaired) electrons. The zero-order valence-electron chi connectivity index (χ0n) is 10.4. The van der Waals surface area contributed by atoms with Crippen LogP contribution in [0.1, 0.15) is 17.2 Å². The lowest BCUT2D eigenvalue weighted by molar-refractivity contribution is -0.146. The number of benzene rings is 2. The van der Waals surface area contributed by atoms with E-state index in [9.17, 15) is 4.79 Å². The fourth-order valence-corrected chi connectivity index (χ4v) is 2.00. The van der Waals surface area contributed by atoms with Gasteiger partial charge in [0.1, 0.15) is 12.7 Å². The average molecular weight is 258 g/mol. The first-order valence-electron chi connectivity index (χ1n) is 6.25. The van der Waals surface area contributed by atoms with Gasteiger partial charge in [0.25, 0.3) is 0 Å². The fourth-order valence-electron chi connectivity index (χ4n) is 2.00. The molecule has 2 atom stereocenters. The van der Waals surface area contributed by atoms with Gasteiger partial charge in [-0.1, -0.05) is 60.7 Å². The van der Waals surface area contributed by atoms with Crippen LogP contribution in [0, 0.1) is 0 Å². The molecule has 1 heterocycles. The minimum absolute atomic E-state index is 0.149. The highest BCUT2D eigenvalue weighted by molar-refractivity contribution is 5.78. The van der Waals surface area contributed by atoms with Gasteiger partial charge in [-0.15, -0.1) is 0 Å². The molecule has 1 aliphatic heterocycles. The third kappa shape index (κ3) is 2.83. The maximum Gasteiger partial charge on any atom is 0.338 e. The molecule has 0 unspecified atom stereocenters. The number of rotatable bonds is 4. The molecule has 2 aromatic carbocycles. The molecule has 0 saturated carbocycles. The molecular formula is C16H14O3. The summed E-state index contributed by atoms with van der Waals surface area (Å²) in [6, 6.07) is 19.3. The summed E-state index contributed by atoms with van der Waals surface area (Å²) in [5, 5.41) is 0. The Balaban J connectivity index is 1.53. The Kier molecular flexibility index (Phi) is 3.29. The van der Waals surface area contributed by atoms with Crippen molar-refractivity contribution in [2.45, 2.75) is 18.8 Å². The predicted octanol–water partition coefficient (Wildman–Crippen LogP) is 2.87. The standard InChI is InChI=1S/C16H14O3/c17-16(18-11-12-7-3-1-4-8-12)15-14(19-15)13-9-5-2-6-10-13/h1-10,14-15H,11H2/t14-,15-/m1/s1/i15+2,16+2. The van der Waals surface area contributed by atoms with E-state index >= 15 is 0 Å². The molecule has 1 saturated heterocycles. The van der Waals surface area contributed by atoms with Gasteiger partial charge in [0.15, 0.2) is 6.10 Å². The second kappa shape index (κ2) is 5.24. The molecule has 3 nitrogen and oxygen atoms in total. The number of epoxide rings is 1. The van der Waals surface area contributed by atoms with Crippen LogP contribution in [0.25, 0.3) is 0 Å². The van der Waals surface area contributed by atoms with E-state index in [0.717, 1.165) is 11.1 Å². The van der Waals surface area contributed by atoms with Gasteiger partial charge in [-0.2, -0.15) is 0 Å². The summed E-state index contributed by atoms with van der Waals surface area (Å²) < 4.78 is 10.6. The van der Waals surface area contributed by atoms with Gasteiger partial charge >= 0.3 is 5.97 Å². The van der Waals surface area contributed by atoms with Crippen LogP contribution in [0.4, 0.5) is 0 Å². The lowest BCUT2D eigenvalue weighted by Crippen LogP contribution is -2.12. The molecule has 96 valence electrons. The van der Waals surface area contributed by atoms with E-state index in [2.05, 4.69) is 0 Å². The van der Waals surface area contributed by atoms with Crippen LogP contribution in [-0.2, 0) is 20.9 Å². The van der Waals surface area contributed by atoms with Crippen molar-refractivity contribution < 1.29 is 14.3 Å². The van der Waals surface area contributed by atoms with Crippen molar-refractivity contribution in [3.05, 3.63) is 71.8 Å². The Morgan fingerprint density at radius 2 is 1.68 bits per heavy atom. The fraction of sp³-hybridized carbons (Fsp3) is 0.188. The Hall–Kier alpha value is -2.13. The highest BCUT2D eigenvalue weighted by Crippen LogP contribution is 2.39. The first-order chi connectivity index (χ1) is 9.34. The van der Waals surface area contributed by atoms with Gasteiger partial charge in [0.2, 0.25) is 0 Å². The Bertz CT molecular complexity index is 551. The number of esters is 1. The van der Waals surface area contributed by atoms with E-state index in [4.69, 9.17) is 9.47 Å². The van der Waals surface area contributed by atoms with Gasteiger partial charge < -0.3 is 9.47 Å². The lowest BCUT2D eigenvalue weighted by Gasteiger charge is -2.02. The van der Waals surface area contributed by atoms with Crippen LogP contribution in [0.15, 0.2) is 60.7 Å². The largest absolute Gasteiger partial charge is 0.459 e. The molecule has 0 N–H and O–H groups in total. The molecule has 3 heteroatoms. The van der Waals surface area contributed by atoms with Crippen molar-refractivity contribution in [3.8, 4) is 0 Å². The number of carbonyl (C=O) groups excluding carboxylic acids is 1. The van der Waals surface area contributed by atoms with Crippen molar-refractivity contribution in [2.24, 2.45) is 0 Å². The number of carbonyl (C=O) groups is 1. The average Bonchev–Trinajstić information content (AvgIpc) is 3.27. The molecule has 0 aromatic heterocycles. The van der Waals surface area contributed by atoms with Gasteiger partial charge in [-0.25, -0.2) is 4.79 Å². The summed E-state index contributed by atoms with van der Waals surface area (Å²) in [6.07, 6.45) is -0.601. The molecule has 1 aliphatic rings. The van der Waals surface area contributed by atoms with Crippen molar-refractivity contribution in [2.75, 3.05) is 0 Å². The van der Waals surface area contributed by atoms with E-state index in [1.54, 1.807) is 0 Å². The van der Waals surface area contributed by atoms with Crippen molar-refractivity contribution in [1.29, 1.82) is 0 Å². The Morgan fingerprint density at radius 3 is 2.37 bits per heavy atom. The number of hydrogen-bond acceptors (Lipinski definition) is 3. The van der Waals surface area contributed by atoms with E-state index < -0.39 is 6.10 Å². The lowest BCUT2D eigenvalue weighted by atomic mass is 10.2. The van der Waals surface area contributed by atoms with E-state index in [1.807, 2.05) is 60.7 Å². The normalized spacial score (nSPS) is 20.8. The van der Waals surface area contributed by atoms with Crippen molar-refractivity contribution in [1.82, 2.24) is 0 Å². The topological polar surface area (TPSA) is 38.8 Å². The van der Waals surface area contributed by atoms with Gasteiger partial charge in [-0.05, 0) is 11.1 Å². The summed E-state index contributed by atoms with van der Waals surface area (Å²) >= 11 is 0. The highest BCUT2D eigenvalue weighted by atomic mass is 17.0. The van der Waals surface area contributed by atoms with Gasteiger partial charge in [0.05, 0.1) is 0 Å². The molecule has 0 bridgehead atoms. The Morgan fingerprint density at radius 1 is 1.05 bits per heavy atom. The molecular weight excluding hydrogens is 244 g/mol. The van der Waals surface area contributed by atoms with E-state index in [0.29, 0.717) is 6.61 Å². The molecule has 3 rings (SSSR count). The quantitative estimate of drug-likeness (QED) is 0.625. The Labute approximate surface area is 111 Å². The van der Waals surface area contributed by atoms with Crippen LogP contribution >= 0.6 is 0 Å². The third-order valence-corrected chi connectivity index (χ3v) is 3.08. The number of ether oxygens (including phenoxy) is 2. The zero-order chi connectivity index (χ0) is 13.1. The second-order valence-electron chi connectivity index (χ2n) is 4.48. The van der Waals surface area contributed by atoms with E-state index in [1.165, 1.54) is 0 Å². The number of hydrogen-bond donors (Lipinski definition) is 0. The summed E-state index contributed by atoms with van der Waals surface area (Å²) in [4.78, 5) is 11.8. The molecule has 1 fully saturated rings. The second-order valence-corrected chi connectivity index (χ2v) is 4.48. The predicted molar refractivity (Wildman–Crippen MR) is 70.3 cm³/mol. The summed E-state index contributed by atoms with van der Waals surface area (Å²) in [6.45, 7) is 0.293. The minimum Gasteiger partial charge on any atom is -0.459 e. The summed E-state index contributed by atoms with van der Waals surface area (Å²) in [5.41, 5.74) is 2.00. The van der Waals surface area contributed by atoms with Crippen LogP contribution in [-0.4, -0.2) is 12.1 Å². The monoisotopic (exact) mass is 258 g/mol. The van der Waals surface area contributed by atoms with Crippen LogP contribution in [0.2, 0.25) is 0 Å². The van der Waals surface area contributed by atoms with Gasteiger partial charge in [0, 0.05) is 0 Å². The molecule has 2 aromatic rings. The zero-order valence-corrected chi connectivity index (χ0v) is 10.4. The molecule has 0 aliphatic carbocycles. The van der Waals surface area contributed by atoms with E-state index in [-0.39, 0.29) is 12.1 Å². The third-order valence-electron chi connectivity index (χ3n) is 3.08. The summed E-state index contributed by atoms with van der Waals surface area (Å²) in [5.74, 6) is -0.294. The molecule has 0 amide bonds. The van der Waals surface area contributed by atoms with Crippen LogP contribution in [0.3, 0.4) is 0 Å². The summed E-state index contributed by atoms with van der Waals surface area (Å²) in [7, 11) is 0. The maximum absolute atomic E-state index is 11.8. The maximum atomic E-state index is 11.8. The first-order valence-corrected chi connectivity index (χ1v) is 6.25. The SMILES string of the molecule is O=[14C](OCc1ccccc1)[14C@@H]1O[C@@H]1c1ccccc1. The minimum atomic E-state index is -0.453. The molecule has 0 spiro atoms.